The van der Waals surface area contributed by atoms with Gasteiger partial charge in [-0.1, -0.05) is 12.8 Å². The van der Waals surface area contributed by atoms with Crippen LogP contribution >= 0.6 is 24.8 Å². The number of halogens is 6. The molecule has 2 nitrogen and oxygen atoms in total. The second kappa shape index (κ2) is 8.51. The smallest absolute Gasteiger partial charge is 0.166 e. The van der Waals surface area contributed by atoms with E-state index >= 15 is 0 Å². The molecule has 1 saturated heterocycles. The Hall–Kier alpha value is -0.560. The van der Waals surface area contributed by atoms with Gasteiger partial charge in [0.1, 0.15) is 0 Å². The van der Waals surface area contributed by atoms with Crippen molar-refractivity contribution in [3.63, 3.8) is 0 Å². The molecule has 1 aliphatic heterocycles. The third-order valence-electron chi connectivity index (χ3n) is 4.32. The SMILES string of the molecule is Cl.Cl.Fc1cc(F)c(F)c([C@@H](CC2CC2)N2CCNCC2)c1F. The van der Waals surface area contributed by atoms with Crippen LogP contribution in [0.5, 0.6) is 0 Å². The summed E-state index contributed by atoms with van der Waals surface area (Å²) < 4.78 is 55.2. The average molecular weight is 375 g/mol. The summed E-state index contributed by atoms with van der Waals surface area (Å²) in [4.78, 5) is 1.93. The van der Waals surface area contributed by atoms with Crippen molar-refractivity contribution in [3.05, 3.63) is 34.9 Å². The lowest BCUT2D eigenvalue weighted by molar-refractivity contribution is 0.152. The van der Waals surface area contributed by atoms with Crippen LogP contribution in [0.3, 0.4) is 0 Å². The van der Waals surface area contributed by atoms with Crippen LogP contribution in [-0.2, 0) is 0 Å². The highest BCUT2D eigenvalue weighted by Crippen LogP contribution is 2.42. The van der Waals surface area contributed by atoms with Crippen LogP contribution in [0.25, 0.3) is 0 Å². The zero-order valence-electron chi connectivity index (χ0n) is 12.5. The minimum Gasteiger partial charge on any atom is -0.314 e. The Kier molecular flexibility index (Phi) is 7.58. The molecule has 1 atom stereocenters. The average Bonchev–Trinajstić information content (AvgIpc) is 3.29. The fraction of sp³-hybridized carbons (Fsp3) is 0.600. The third kappa shape index (κ3) is 4.50. The monoisotopic (exact) mass is 374 g/mol. The molecule has 3 rings (SSSR count). The molecular weight excluding hydrogens is 355 g/mol. The second-order valence-corrected chi connectivity index (χ2v) is 5.86. The normalized spacial score (nSPS) is 19.7. The summed E-state index contributed by atoms with van der Waals surface area (Å²) in [7, 11) is 0. The summed E-state index contributed by atoms with van der Waals surface area (Å²) >= 11 is 0. The molecule has 0 spiro atoms. The van der Waals surface area contributed by atoms with Crippen LogP contribution in [0, 0.1) is 29.2 Å². The maximum absolute atomic E-state index is 14.1. The van der Waals surface area contributed by atoms with Gasteiger partial charge in [0.2, 0.25) is 0 Å². The summed E-state index contributed by atoms with van der Waals surface area (Å²) in [6.45, 7) is 2.66. The number of piperazine rings is 1. The van der Waals surface area contributed by atoms with Crippen molar-refractivity contribution in [2.45, 2.75) is 25.3 Å². The van der Waals surface area contributed by atoms with Gasteiger partial charge in [0.15, 0.2) is 23.3 Å². The zero-order valence-corrected chi connectivity index (χ0v) is 14.1. The fourth-order valence-electron chi connectivity index (χ4n) is 3.00. The van der Waals surface area contributed by atoms with Gasteiger partial charge >= 0.3 is 0 Å². The molecule has 0 unspecified atom stereocenters. The molecule has 0 bridgehead atoms. The minimum atomic E-state index is -1.32. The fourth-order valence-corrected chi connectivity index (χ4v) is 3.00. The third-order valence-corrected chi connectivity index (χ3v) is 4.32. The molecular formula is C15H20Cl2F4N2. The zero-order chi connectivity index (χ0) is 15.0. The molecule has 1 aliphatic carbocycles. The van der Waals surface area contributed by atoms with Gasteiger partial charge in [-0.3, -0.25) is 4.90 Å². The highest BCUT2D eigenvalue weighted by atomic mass is 35.5. The van der Waals surface area contributed by atoms with Crippen molar-refractivity contribution in [3.8, 4) is 0 Å². The van der Waals surface area contributed by atoms with Crippen molar-refractivity contribution >= 4 is 24.8 Å². The Labute approximate surface area is 145 Å². The van der Waals surface area contributed by atoms with Crippen molar-refractivity contribution in [1.82, 2.24) is 10.2 Å². The van der Waals surface area contributed by atoms with Crippen LogP contribution in [0.4, 0.5) is 17.6 Å². The first-order chi connectivity index (χ1) is 10.1. The maximum Gasteiger partial charge on any atom is 0.166 e. The van der Waals surface area contributed by atoms with Gasteiger partial charge in [0, 0.05) is 43.9 Å². The standard InChI is InChI=1S/C15H18F4N2.2ClH/c16-10-8-11(17)15(19)13(14(10)18)12(7-9-1-2-9)21-5-3-20-4-6-21;;/h8-9,12,20H,1-7H2;2*1H/t12-;;/m1../s1. The number of rotatable bonds is 4. The van der Waals surface area contributed by atoms with Crippen molar-refractivity contribution in [1.29, 1.82) is 0 Å². The first-order valence-electron chi connectivity index (χ1n) is 7.35. The Morgan fingerprint density at radius 1 is 1.00 bits per heavy atom. The van der Waals surface area contributed by atoms with Crippen LogP contribution in [0.1, 0.15) is 30.9 Å². The van der Waals surface area contributed by atoms with E-state index in [0.29, 0.717) is 38.5 Å². The lowest BCUT2D eigenvalue weighted by Crippen LogP contribution is -2.45. The van der Waals surface area contributed by atoms with Crippen molar-refractivity contribution < 1.29 is 17.6 Å². The first kappa shape index (κ1) is 20.5. The van der Waals surface area contributed by atoms with E-state index in [0.717, 1.165) is 12.8 Å². The Morgan fingerprint density at radius 3 is 2.00 bits per heavy atom. The van der Waals surface area contributed by atoms with E-state index in [1.165, 1.54) is 0 Å². The van der Waals surface area contributed by atoms with E-state index < -0.39 is 34.9 Å². The summed E-state index contributed by atoms with van der Waals surface area (Å²) in [5, 5.41) is 3.16. The van der Waals surface area contributed by atoms with E-state index in [9.17, 15) is 17.6 Å². The summed E-state index contributed by atoms with van der Waals surface area (Å²) in [6, 6.07) is -0.315. The number of benzene rings is 1. The van der Waals surface area contributed by atoms with Gasteiger partial charge in [-0.05, 0) is 12.3 Å². The molecule has 1 heterocycles. The van der Waals surface area contributed by atoms with Crippen LogP contribution in [-0.4, -0.2) is 31.1 Å². The second-order valence-electron chi connectivity index (χ2n) is 5.86. The molecule has 2 aliphatic rings. The Bertz CT molecular complexity index is 508. The summed E-state index contributed by atoms with van der Waals surface area (Å²) in [6.07, 6.45) is 2.59. The number of hydrogen-bond donors (Lipinski definition) is 1. The van der Waals surface area contributed by atoms with Crippen LogP contribution in [0.15, 0.2) is 6.07 Å². The lowest BCUT2D eigenvalue weighted by atomic mass is 9.97. The predicted molar refractivity (Wildman–Crippen MR) is 85.3 cm³/mol. The van der Waals surface area contributed by atoms with E-state index in [4.69, 9.17) is 0 Å². The maximum atomic E-state index is 14.1. The highest BCUT2D eigenvalue weighted by Gasteiger charge is 2.35. The molecule has 0 aromatic heterocycles. The molecule has 0 amide bonds. The molecule has 1 saturated carbocycles. The summed E-state index contributed by atoms with van der Waals surface area (Å²) in [5.74, 6) is -4.74. The molecule has 1 aromatic rings. The quantitative estimate of drug-likeness (QED) is 0.636. The molecule has 23 heavy (non-hydrogen) atoms. The number of nitrogens with one attached hydrogen (secondary N) is 1. The largest absolute Gasteiger partial charge is 0.314 e. The van der Waals surface area contributed by atoms with Crippen molar-refractivity contribution in [2.24, 2.45) is 5.92 Å². The van der Waals surface area contributed by atoms with Crippen LogP contribution in [0.2, 0.25) is 0 Å². The van der Waals surface area contributed by atoms with Gasteiger partial charge in [0.25, 0.3) is 0 Å². The Morgan fingerprint density at radius 2 is 1.52 bits per heavy atom. The van der Waals surface area contributed by atoms with Gasteiger partial charge in [-0.2, -0.15) is 0 Å². The van der Waals surface area contributed by atoms with E-state index in [1.807, 2.05) is 4.90 Å². The van der Waals surface area contributed by atoms with Gasteiger partial charge < -0.3 is 5.32 Å². The highest BCUT2D eigenvalue weighted by molar-refractivity contribution is 5.85. The molecule has 0 radical (unpaired) electrons. The Balaban J connectivity index is 0.00000132. The lowest BCUT2D eigenvalue weighted by Gasteiger charge is -2.35. The van der Waals surface area contributed by atoms with E-state index in [2.05, 4.69) is 5.32 Å². The van der Waals surface area contributed by atoms with Gasteiger partial charge in [-0.15, -0.1) is 24.8 Å². The molecule has 1 N–H and O–H groups in total. The topological polar surface area (TPSA) is 15.3 Å². The summed E-state index contributed by atoms with van der Waals surface area (Å²) in [5.41, 5.74) is -0.443. The number of nitrogens with zero attached hydrogens (tertiary/aromatic N) is 1. The van der Waals surface area contributed by atoms with Crippen LogP contribution < -0.4 is 5.32 Å². The molecule has 2 fully saturated rings. The predicted octanol–water partition coefficient (Wildman–Crippen LogP) is 3.83. The number of hydrogen-bond acceptors (Lipinski definition) is 2. The first-order valence-corrected chi connectivity index (χ1v) is 7.35. The van der Waals surface area contributed by atoms with Gasteiger partial charge in [-0.25, -0.2) is 17.6 Å². The minimum absolute atomic E-state index is 0. The molecule has 8 heteroatoms. The molecule has 132 valence electrons. The van der Waals surface area contributed by atoms with E-state index in [1.54, 1.807) is 0 Å². The van der Waals surface area contributed by atoms with Gasteiger partial charge in [0.05, 0.1) is 0 Å². The van der Waals surface area contributed by atoms with Crippen molar-refractivity contribution in [2.75, 3.05) is 26.2 Å². The van der Waals surface area contributed by atoms with E-state index in [-0.39, 0.29) is 30.9 Å². The molecule has 1 aromatic carbocycles.